The van der Waals surface area contributed by atoms with Crippen LogP contribution in [0.5, 0.6) is 5.75 Å². The van der Waals surface area contributed by atoms with Gasteiger partial charge in [0, 0.05) is 19.0 Å². The van der Waals surface area contributed by atoms with Crippen LogP contribution in [-0.2, 0) is 16.0 Å². The predicted octanol–water partition coefficient (Wildman–Crippen LogP) is 4.19. The Morgan fingerprint density at radius 1 is 1.00 bits per heavy atom. The first-order valence-electron chi connectivity index (χ1n) is 11.3. The molecule has 4 rings (SSSR count). The molecule has 0 aromatic heterocycles. The van der Waals surface area contributed by atoms with Crippen LogP contribution in [0, 0.1) is 11.3 Å². The molecule has 2 aromatic carbocycles. The average Bonchev–Trinajstić information content (AvgIpc) is 3.34. The molecule has 1 aliphatic heterocycles. The highest BCUT2D eigenvalue weighted by atomic mass is 16.5. The highest BCUT2D eigenvalue weighted by molar-refractivity contribution is 5.84. The fourth-order valence-corrected chi connectivity index (χ4v) is 5.17. The highest BCUT2D eigenvalue weighted by Crippen LogP contribution is 2.36. The van der Waals surface area contributed by atoms with Gasteiger partial charge in [-0.3, -0.25) is 9.59 Å². The molecule has 5 heteroatoms. The Bertz CT molecular complexity index is 917. The van der Waals surface area contributed by atoms with Crippen molar-refractivity contribution in [2.24, 2.45) is 17.1 Å². The van der Waals surface area contributed by atoms with Crippen LogP contribution in [0.25, 0.3) is 11.1 Å². The van der Waals surface area contributed by atoms with Gasteiger partial charge in [-0.2, -0.15) is 0 Å². The summed E-state index contributed by atoms with van der Waals surface area (Å²) in [7, 11) is 1.66. The monoisotopic (exact) mass is 420 g/mol. The van der Waals surface area contributed by atoms with E-state index in [2.05, 4.69) is 24.3 Å². The van der Waals surface area contributed by atoms with Crippen molar-refractivity contribution in [1.82, 2.24) is 4.90 Å². The van der Waals surface area contributed by atoms with Crippen molar-refractivity contribution in [3.63, 3.8) is 0 Å². The number of amides is 2. The second kappa shape index (κ2) is 9.13. The van der Waals surface area contributed by atoms with Crippen molar-refractivity contribution in [3.8, 4) is 16.9 Å². The Balaban J connectivity index is 1.49. The Hall–Kier alpha value is -2.82. The number of carbonyl (C=O) groups excluding carboxylic acids is 2. The van der Waals surface area contributed by atoms with E-state index in [0.29, 0.717) is 13.0 Å². The van der Waals surface area contributed by atoms with E-state index in [4.69, 9.17) is 10.5 Å². The maximum atomic E-state index is 13.0. The van der Waals surface area contributed by atoms with Crippen molar-refractivity contribution in [2.75, 3.05) is 20.2 Å². The van der Waals surface area contributed by atoms with Crippen LogP contribution in [0.3, 0.4) is 0 Å². The van der Waals surface area contributed by atoms with E-state index < -0.39 is 5.41 Å². The number of nitrogens with zero attached hydrogens (tertiary/aromatic N) is 1. The van der Waals surface area contributed by atoms with E-state index in [0.717, 1.165) is 67.5 Å². The summed E-state index contributed by atoms with van der Waals surface area (Å²) in [5.74, 6) is 0.888. The molecule has 2 aliphatic rings. The number of rotatable bonds is 6. The Labute approximate surface area is 184 Å². The largest absolute Gasteiger partial charge is 0.497 e. The number of methoxy groups -OCH3 is 1. The first-order chi connectivity index (χ1) is 15.0. The molecule has 1 atom stereocenters. The van der Waals surface area contributed by atoms with Gasteiger partial charge in [0.1, 0.15) is 5.75 Å². The van der Waals surface area contributed by atoms with E-state index in [9.17, 15) is 9.59 Å². The third kappa shape index (κ3) is 4.60. The van der Waals surface area contributed by atoms with Gasteiger partial charge in [0.15, 0.2) is 0 Å². The van der Waals surface area contributed by atoms with Gasteiger partial charge < -0.3 is 15.4 Å². The lowest BCUT2D eigenvalue weighted by molar-refractivity contribution is -0.142. The normalized spacial score (nSPS) is 21.8. The minimum Gasteiger partial charge on any atom is -0.497 e. The number of ether oxygens (including phenoxy) is 1. The minimum absolute atomic E-state index is 0.132. The van der Waals surface area contributed by atoms with Gasteiger partial charge in [-0.05, 0) is 60.9 Å². The van der Waals surface area contributed by atoms with Crippen molar-refractivity contribution < 1.29 is 14.3 Å². The van der Waals surface area contributed by atoms with Crippen LogP contribution in [0.1, 0.15) is 44.1 Å². The summed E-state index contributed by atoms with van der Waals surface area (Å²) >= 11 is 0. The summed E-state index contributed by atoms with van der Waals surface area (Å²) in [6.07, 6.45) is 6.34. The number of hydrogen-bond donors (Lipinski definition) is 1. The van der Waals surface area contributed by atoms with Gasteiger partial charge in [-0.1, -0.05) is 49.2 Å². The summed E-state index contributed by atoms with van der Waals surface area (Å²) in [5.41, 5.74) is 8.54. The van der Waals surface area contributed by atoms with Gasteiger partial charge in [-0.15, -0.1) is 0 Å². The van der Waals surface area contributed by atoms with Gasteiger partial charge in [0.25, 0.3) is 0 Å². The predicted molar refractivity (Wildman–Crippen MR) is 122 cm³/mol. The lowest BCUT2D eigenvalue weighted by atomic mass is 9.74. The quantitative estimate of drug-likeness (QED) is 0.762. The van der Waals surface area contributed by atoms with E-state index in [-0.39, 0.29) is 17.7 Å². The molecule has 0 radical (unpaired) electrons. The zero-order chi connectivity index (χ0) is 21.8. The smallest absolute Gasteiger partial charge is 0.225 e. The molecule has 164 valence electrons. The second-order valence-corrected chi connectivity index (χ2v) is 9.09. The van der Waals surface area contributed by atoms with Crippen LogP contribution in [0.4, 0.5) is 0 Å². The van der Waals surface area contributed by atoms with E-state index >= 15 is 0 Å². The number of nitrogens with two attached hydrogens (primary N) is 1. The maximum Gasteiger partial charge on any atom is 0.225 e. The van der Waals surface area contributed by atoms with Gasteiger partial charge in [0.05, 0.1) is 12.5 Å². The van der Waals surface area contributed by atoms with Crippen LogP contribution >= 0.6 is 0 Å². The molecule has 2 N–H and O–H groups in total. The van der Waals surface area contributed by atoms with Crippen molar-refractivity contribution in [2.45, 2.75) is 44.9 Å². The molecule has 5 nitrogen and oxygen atoms in total. The molecule has 1 aliphatic carbocycles. The third-order valence-electron chi connectivity index (χ3n) is 7.04. The lowest BCUT2D eigenvalue weighted by Crippen LogP contribution is -2.54. The van der Waals surface area contributed by atoms with E-state index in [1.807, 2.05) is 29.2 Å². The molecule has 31 heavy (non-hydrogen) atoms. The summed E-state index contributed by atoms with van der Waals surface area (Å²) in [6.45, 7) is 1.18. The summed E-state index contributed by atoms with van der Waals surface area (Å²) in [4.78, 5) is 27.5. The van der Waals surface area contributed by atoms with E-state index in [1.165, 1.54) is 0 Å². The molecule has 0 spiro atoms. The Morgan fingerprint density at radius 3 is 2.19 bits per heavy atom. The summed E-state index contributed by atoms with van der Waals surface area (Å²) < 4.78 is 5.23. The summed E-state index contributed by atoms with van der Waals surface area (Å²) in [5, 5.41) is 0. The van der Waals surface area contributed by atoms with Crippen molar-refractivity contribution in [1.29, 1.82) is 0 Å². The number of piperidine rings is 1. The molecule has 1 heterocycles. The minimum atomic E-state index is -0.686. The Morgan fingerprint density at radius 2 is 1.61 bits per heavy atom. The van der Waals surface area contributed by atoms with Crippen LogP contribution < -0.4 is 10.5 Å². The maximum absolute atomic E-state index is 13.0. The highest BCUT2D eigenvalue weighted by Gasteiger charge is 2.43. The molecular weight excluding hydrogens is 388 g/mol. The van der Waals surface area contributed by atoms with Crippen molar-refractivity contribution >= 4 is 11.8 Å². The lowest BCUT2D eigenvalue weighted by Gasteiger charge is -2.41. The number of likely N-dealkylation sites (tertiary alicyclic amines) is 1. The SMILES string of the molecule is COc1ccc(-c2ccc(C[C@@]3(C(N)=O)CCCN(C(=O)C4CCCC4)C3)cc2)cc1. The number of primary amides is 1. The standard InChI is InChI=1S/C26H32N2O3/c1-31-23-13-11-21(12-14-23)20-9-7-19(8-10-20)17-26(25(27)30)15-4-16-28(18-26)24(29)22-5-2-3-6-22/h7-14,22H,2-6,15-18H2,1H3,(H2,27,30)/t26-/m0/s1. The molecule has 2 fully saturated rings. The topological polar surface area (TPSA) is 72.6 Å². The van der Waals surface area contributed by atoms with Crippen molar-refractivity contribution in [3.05, 3.63) is 54.1 Å². The molecule has 0 bridgehead atoms. The van der Waals surface area contributed by atoms with Crippen LogP contribution in [0.2, 0.25) is 0 Å². The molecule has 2 aromatic rings. The molecule has 1 saturated carbocycles. The van der Waals surface area contributed by atoms with E-state index in [1.54, 1.807) is 7.11 Å². The number of carbonyl (C=O) groups is 2. The fraction of sp³-hybridized carbons (Fsp3) is 0.462. The average molecular weight is 421 g/mol. The first kappa shape index (κ1) is 21.4. The molecule has 1 saturated heterocycles. The van der Waals surface area contributed by atoms with Crippen LogP contribution in [-0.4, -0.2) is 36.9 Å². The zero-order valence-electron chi connectivity index (χ0n) is 18.3. The second-order valence-electron chi connectivity index (χ2n) is 9.09. The molecule has 2 amide bonds. The molecular formula is C26H32N2O3. The Kier molecular flexibility index (Phi) is 6.30. The molecule has 0 unspecified atom stereocenters. The zero-order valence-corrected chi connectivity index (χ0v) is 18.3. The van der Waals surface area contributed by atoms with Gasteiger partial charge in [-0.25, -0.2) is 0 Å². The summed E-state index contributed by atoms with van der Waals surface area (Å²) in [6, 6.07) is 16.3. The fourth-order valence-electron chi connectivity index (χ4n) is 5.17. The van der Waals surface area contributed by atoms with Crippen LogP contribution in [0.15, 0.2) is 48.5 Å². The first-order valence-corrected chi connectivity index (χ1v) is 11.3. The van der Waals surface area contributed by atoms with Gasteiger partial charge in [0.2, 0.25) is 11.8 Å². The number of hydrogen-bond acceptors (Lipinski definition) is 3. The number of benzene rings is 2. The third-order valence-corrected chi connectivity index (χ3v) is 7.04. The van der Waals surface area contributed by atoms with Gasteiger partial charge >= 0.3 is 0 Å².